The number of piperazine rings is 1. The van der Waals surface area contributed by atoms with Crippen LogP contribution in [-0.2, 0) is 0 Å². The van der Waals surface area contributed by atoms with Crippen LogP contribution in [0.2, 0.25) is 0 Å². The molecule has 20 heavy (non-hydrogen) atoms. The average molecular weight is 397 g/mol. The Morgan fingerprint density at radius 3 is 2.65 bits per heavy atom. The van der Waals surface area contributed by atoms with Crippen LogP contribution in [0.25, 0.3) is 0 Å². The predicted octanol–water partition coefficient (Wildman–Crippen LogP) is 1.16. The van der Waals surface area contributed by atoms with Gasteiger partial charge in [0.05, 0.1) is 0 Å². The second-order valence-corrected chi connectivity index (χ2v) is 5.60. The van der Waals surface area contributed by atoms with Gasteiger partial charge in [-0.2, -0.15) is 0 Å². The van der Waals surface area contributed by atoms with Gasteiger partial charge in [-0.1, -0.05) is 13.3 Å². The van der Waals surface area contributed by atoms with Crippen molar-refractivity contribution >= 4 is 29.9 Å². The lowest BCUT2D eigenvalue weighted by molar-refractivity contribution is 0.116. The molecular weight excluding hydrogens is 365 g/mol. The van der Waals surface area contributed by atoms with Crippen LogP contribution < -0.4 is 5.32 Å². The van der Waals surface area contributed by atoms with Gasteiger partial charge in [0.2, 0.25) is 0 Å². The van der Waals surface area contributed by atoms with E-state index in [0.29, 0.717) is 6.04 Å². The fourth-order valence-electron chi connectivity index (χ4n) is 2.42. The van der Waals surface area contributed by atoms with Gasteiger partial charge in [-0.25, -0.2) is 0 Å². The van der Waals surface area contributed by atoms with Gasteiger partial charge in [-0.05, 0) is 20.5 Å². The van der Waals surface area contributed by atoms with Crippen LogP contribution in [0, 0.1) is 0 Å². The summed E-state index contributed by atoms with van der Waals surface area (Å²) in [6, 6.07) is 0.565. The number of hydrogen-bond acceptors (Lipinski definition) is 3. The molecule has 1 rings (SSSR count). The summed E-state index contributed by atoms with van der Waals surface area (Å²) in [7, 11) is 8.38. The molecule has 1 N–H and O–H groups in total. The van der Waals surface area contributed by atoms with Crippen LogP contribution in [0.1, 0.15) is 19.8 Å². The Labute approximate surface area is 141 Å². The first-order chi connectivity index (χ1) is 9.08. The number of aliphatic imine (C=N–C) groups is 1. The minimum absolute atomic E-state index is 0. The summed E-state index contributed by atoms with van der Waals surface area (Å²) in [6.07, 6.45) is 2.43. The van der Waals surface area contributed by atoms with Gasteiger partial charge in [0.15, 0.2) is 5.96 Å². The van der Waals surface area contributed by atoms with Crippen molar-refractivity contribution in [3.05, 3.63) is 0 Å². The lowest BCUT2D eigenvalue weighted by Gasteiger charge is -2.38. The molecule has 0 aromatic heterocycles. The number of nitrogens with zero attached hydrogens (tertiary/aromatic N) is 4. The summed E-state index contributed by atoms with van der Waals surface area (Å²) in [5.74, 6) is 1.01. The number of likely N-dealkylation sites (N-methyl/N-ethyl adjacent to an activating group) is 2. The molecule has 0 amide bonds. The molecule has 1 fully saturated rings. The van der Waals surface area contributed by atoms with Gasteiger partial charge in [0.1, 0.15) is 0 Å². The molecule has 0 saturated carbocycles. The molecule has 0 spiro atoms. The molecule has 120 valence electrons. The van der Waals surface area contributed by atoms with E-state index >= 15 is 0 Å². The molecule has 0 aromatic rings. The molecule has 1 aliphatic heterocycles. The van der Waals surface area contributed by atoms with Gasteiger partial charge >= 0.3 is 0 Å². The van der Waals surface area contributed by atoms with Crippen molar-refractivity contribution in [1.82, 2.24) is 20.0 Å². The highest BCUT2D eigenvalue weighted by Crippen LogP contribution is 2.05. The van der Waals surface area contributed by atoms with Gasteiger partial charge in [-0.3, -0.25) is 9.89 Å². The molecule has 1 atom stereocenters. The van der Waals surface area contributed by atoms with E-state index < -0.39 is 0 Å². The minimum Gasteiger partial charge on any atom is -0.355 e. The number of halogens is 1. The minimum atomic E-state index is 0. The Morgan fingerprint density at radius 1 is 1.35 bits per heavy atom. The Hall–Kier alpha value is -0.0800. The van der Waals surface area contributed by atoms with E-state index in [2.05, 4.69) is 53.1 Å². The van der Waals surface area contributed by atoms with Crippen molar-refractivity contribution in [3.8, 4) is 0 Å². The van der Waals surface area contributed by atoms with Crippen molar-refractivity contribution in [2.24, 2.45) is 4.99 Å². The second-order valence-electron chi connectivity index (χ2n) is 5.60. The monoisotopic (exact) mass is 397 g/mol. The van der Waals surface area contributed by atoms with Gasteiger partial charge in [0, 0.05) is 52.9 Å². The fourth-order valence-corrected chi connectivity index (χ4v) is 2.42. The van der Waals surface area contributed by atoms with E-state index in [4.69, 9.17) is 0 Å². The van der Waals surface area contributed by atoms with Crippen LogP contribution in [0.15, 0.2) is 4.99 Å². The molecule has 0 aliphatic carbocycles. The SMILES string of the molecule is CCCCN(C)C(=NC)NCC1CN(C)CCN1C.I. The fraction of sp³-hybridized carbons (Fsp3) is 0.929. The van der Waals surface area contributed by atoms with Crippen molar-refractivity contribution in [2.45, 2.75) is 25.8 Å². The first-order valence-corrected chi connectivity index (χ1v) is 7.39. The van der Waals surface area contributed by atoms with E-state index in [1.54, 1.807) is 0 Å². The Balaban J connectivity index is 0.00000361. The van der Waals surface area contributed by atoms with Crippen LogP contribution in [0.3, 0.4) is 0 Å². The highest BCUT2D eigenvalue weighted by Gasteiger charge is 2.22. The van der Waals surface area contributed by atoms with Crippen molar-refractivity contribution < 1.29 is 0 Å². The Kier molecular flexibility index (Phi) is 10.6. The molecule has 0 aromatic carbocycles. The maximum absolute atomic E-state index is 4.37. The zero-order valence-electron chi connectivity index (χ0n) is 13.7. The molecule has 1 unspecified atom stereocenters. The summed E-state index contributed by atoms with van der Waals surface area (Å²) in [5, 5.41) is 3.51. The van der Waals surface area contributed by atoms with Gasteiger partial charge in [0.25, 0.3) is 0 Å². The largest absolute Gasteiger partial charge is 0.355 e. The number of rotatable bonds is 5. The summed E-state index contributed by atoms with van der Waals surface area (Å²) < 4.78 is 0. The van der Waals surface area contributed by atoms with Crippen LogP contribution >= 0.6 is 24.0 Å². The van der Waals surface area contributed by atoms with E-state index in [1.807, 2.05) is 7.05 Å². The normalized spacial score (nSPS) is 21.4. The molecule has 1 saturated heterocycles. The third kappa shape index (κ3) is 6.58. The van der Waals surface area contributed by atoms with E-state index in [9.17, 15) is 0 Å². The van der Waals surface area contributed by atoms with Crippen LogP contribution in [-0.4, -0.2) is 87.6 Å². The average Bonchev–Trinajstić information content (AvgIpc) is 2.40. The van der Waals surface area contributed by atoms with Crippen molar-refractivity contribution in [1.29, 1.82) is 0 Å². The molecule has 5 nitrogen and oxygen atoms in total. The standard InChI is InChI=1S/C14H31N5.HI/c1-6-7-8-19(5)14(15-2)16-11-13-12-17(3)9-10-18(13)4;/h13H,6-12H2,1-5H3,(H,15,16);1H. The number of hydrogen-bond donors (Lipinski definition) is 1. The zero-order valence-corrected chi connectivity index (χ0v) is 16.1. The van der Waals surface area contributed by atoms with Gasteiger partial charge in [-0.15, -0.1) is 24.0 Å². The van der Waals surface area contributed by atoms with Crippen molar-refractivity contribution in [2.75, 3.05) is 60.9 Å². The summed E-state index contributed by atoms with van der Waals surface area (Å²) in [4.78, 5) is 11.4. The third-order valence-corrected chi connectivity index (χ3v) is 3.90. The third-order valence-electron chi connectivity index (χ3n) is 3.90. The topological polar surface area (TPSA) is 34.1 Å². The molecule has 0 radical (unpaired) electrons. The maximum atomic E-state index is 4.37. The zero-order chi connectivity index (χ0) is 14.3. The smallest absolute Gasteiger partial charge is 0.193 e. The van der Waals surface area contributed by atoms with E-state index in [0.717, 1.165) is 38.7 Å². The molecule has 0 bridgehead atoms. The number of nitrogens with one attached hydrogen (secondary N) is 1. The highest BCUT2D eigenvalue weighted by molar-refractivity contribution is 14.0. The number of guanidine groups is 1. The van der Waals surface area contributed by atoms with E-state index in [1.165, 1.54) is 12.8 Å². The quantitative estimate of drug-likeness (QED) is 0.429. The molecule has 6 heteroatoms. The first-order valence-electron chi connectivity index (χ1n) is 7.39. The molecule has 1 heterocycles. The Morgan fingerprint density at radius 2 is 2.05 bits per heavy atom. The summed E-state index contributed by atoms with van der Waals surface area (Å²) in [6.45, 7) is 7.68. The molecule has 1 aliphatic rings. The Bertz CT molecular complexity index is 285. The first kappa shape index (κ1) is 19.9. The van der Waals surface area contributed by atoms with Crippen LogP contribution in [0.5, 0.6) is 0 Å². The van der Waals surface area contributed by atoms with E-state index in [-0.39, 0.29) is 24.0 Å². The number of unbranched alkanes of at least 4 members (excludes halogenated alkanes) is 1. The van der Waals surface area contributed by atoms with Crippen LogP contribution in [0.4, 0.5) is 0 Å². The summed E-state index contributed by atoms with van der Waals surface area (Å²) >= 11 is 0. The lowest BCUT2D eigenvalue weighted by Crippen LogP contribution is -2.55. The lowest BCUT2D eigenvalue weighted by atomic mass is 10.2. The second kappa shape index (κ2) is 10.6. The van der Waals surface area contributed by atoms with Crippen molar-refractivity contribution in [3.63, 3.8) is 0 Å². The predicted molar refractivity (Wildman–Crippen MR) is 98.2 cm³/mol. The maximum Gasteiger partial charge on any atom is 0.193 e. The van der Waals surface area contributed by atoms with Gasteiger partial charge < -0.3 is 15.1 Å². The highest BCUT2D eigenvalue weighted by atomic mass is 127. The summed E-state index contributed by atoms with van der Waals surface area (Å²) in [5.41, 5.74) is 0. The molecular formula is C14H32IN5.